The lowest BCUT2D eigenvalue weighted by Crippen LogP contribution is -2.50. The van der Waals surface area contributed by atoms with Crippen LogP contribution in [0.5, 0.6) is 0 Å². The number of amides is 2. The molecule has 0 aromatic carbocycles. The summed E-state index contributed by atoms with van der Waals surface area (Å²) in [7, 11) is 3.70. The molecule has 7 heteroatoms. The molecule has 2 amide bonds. The van der Waals surface area contributed by atoms with Gasteiger partial charge in [-0.05, 0) is 31.4 Å². The van der Waals surface area contributed by atoms with Gasteiger partial charge in [0.15, 0.2) is 0 Å². The number of aliphatic imine (C=N–C) groups is 1. The minimum absolute atomic E-state index is 0.00466. The van der Waals surface area contributed by atoms with Crippen LogP contribution in [0.1, 0.15) is 28.8 Å². The molecule has 2 aliphatic rings. The summed E-state index contributed by atoms with van der Waals surface area (Å²) < 4.78 is 0. The molecule has 0 saturated carbocycles. The predicted molar refractivity (Wildman–Crippen MR) is 86.1 cm³/mol. The Morgan fingerprint density at radius 3 is 2.61 bits per heavy atom. The van der Waals surface area contributed by atoms with Crippen molar-refractivity contribution in [3.05, 3.63) is 29.6 Å². The summed E-state index contributed by atoms with van der Waals surface area (Å²) in [6, 6.07) is 1.74. The van der Waals surface area contributed by atoms with Crippen LogP contribution in [0.25, 0.3) is 0 Å². The van der Waals surface area contributed by atoms with Gasteiger partial charge in [-0.2, -0.15) is 0 Å². The molecular formula is C16H21N5O2. The third-order valence-electron chi connectivity index (χ3n) is 4.52. The van der Waals surface area contributed by atoms with Crippen molar-refractivity contribution in [1.82, 2.24) is 20.1 Å². The third kappa shape index (κ3) is 2.67. The Kier molecular flexibility index (Phi) is 3.79. The summed E-state index contributed by atoms with van der Waals surface area (Å²) in [6.07, 6.45) is 4.42. The van der Waals surface area contributed by atoms with Gasteiger partial charge < -0.3 is 9.80 Å². The molecule has 0 unspecified atom stereocenters. The fourth-order valence-corrected chi connectivity index (χ4v) is 3.01. The first-order valence-corrected chi connectivity index (χ1v) is 7.71. The lowest BCUT2D eigenvalue weighted by atomic mass is 9.87. The van der Waals surface area contributed by atoms with Gasteiger partial charge in [0, 0.05) is 45.1 Å². The zero-order valence-corrected chi connectivity index (χ0v) is 13.7. The molecular weight excluding hydrogens is 294 g/mol. The van der Waals surface area contributed by atoms with E-state index in [9.17, 15) is 9.59 Å². The maximum absolute atomic E-state index is 12.6. The number of hydrogen-bond donors (Lipinski definition) is 1. The first kappa shape index (κ1) is 15.5. The molecule has 1 saturated heterocycles. The molecule has 1 aromatic heterocycles. The molecule has 3 heterocycles. The third-order valence-corrected chi connectivity index (χ3v) is 4.52. The van der Waals surface area contributed by atoms with E-state index in [4.69, 9.17) is 0 Å². The highest BCUT2D eigenvalue weighted by atomic mass is 16.2. The minimum atomic E-state index is -0.719. The average molecular weight is 315 g/mol. The van der Waals surface area contributed by atoms with Crippen molar-refractivity contribution in [2.45, 2.75) is 25.3 Å². The van der Waals surface area contributed by atoms with E-state index < -0.39 is 5.54 Å². The van der Waals surface area contributed by atoms with Crippen molar-refractivity contribution < 1.29 is 9.59 Å². The molecule has 0 atom stereocenters. The van der Waals surface area contributed by atoms with Crippen LogP contribution in [0.4, 0.5) is 0 Å². The number of piperidine rings is 1. The molecule has 1 fully saturated rings. The van der Waals surface area contributed by atoms with Crippen molar-refractivity contribution in [1.29, 1.82) is 0 Å². The number of likely N-dealkylation sites (tertiary alicyclic amines) is 1. The number of carbonyl (C=O) groups excluding carboxylic acids is 2. The summed E-state index contributed by atoms with van der Waals surface area (Å²) in [5.74, 6) is 0.531. The van der Waals surface area contributed by atoms with E-state index in [1.54, 1.807) is 28.3 Å². The molecule has 7 nitrogen and oxygen atoms in total. The van der Waals surface area contributed by atoms with Gasteiger partial charge in [-0.3, -0.25) is 19.9 Å². The zero-order valence-electron chi connectivity index (χ0n) is 13.7. The van der Waals surface area contributed by atoms with Crippen LogP contribution in [0.2, 0.25) is 0 Å². The van der Waals surface area contributed by atoms with Gasteiger partial charge in [-0.25, -0.2) is 4.99 Å². The van der Waals surface area contributed by atoms with E-state index in [1.807, 2.05) is 21.0 Å². The SMILES string of the molecule is Cc1cnccc1C(=O)N1CCC2(CC1)N=C(N(C)C)NC2=O. The Morgan fingerprint density at radius 1 is 1.35 bits per heavy atom. The molecule has 0 bridgehead atoms. The van der Waals surface area contributed by atoms with Crippen molar-refractivity contribution >= 4 is 17.8 Å². The Balaban J connectivity index is 1.73. The molecule has 0 radical (unpaired) electrons. The number of nitrogens with one attached hydrogen (secondary N) is 1. The van der Waals surface area contributed by atoms with Gasteiger partial charge >= 0.3 is 0 Å². The summed E-state index contributed by atoms with van der Waals surface area (Å²) >= 11 is 0. The fraction of sp³-hybridized carbons (Fsp3) is 0.500. The molecule has 1 N–H and O–H groups in total. The Bertz CT molecular complexity index is 675. The van der Waals surface area contributed by atoms with Crippen LogP contribution in [-0.2, 0) is 4.79 Å². The monoisotopic (exact) mass is 315 g/mol. The number of aryl methyl sites for hydroxylation is 1. The average Bonchev–Trinajstić information content (AvgIpc) is 2.85. The number of guanidine groups is 1. The number of carbonyl (C=O) groups is 2. The second-order valence-electron chi connectivity index (χ2n) is 6.30. The zero-order chi connectivity index (χ0) is 16.6. The fourth-order valence-electron chi connectivity index (χ4n) is 3.01. The molecule has 122 valence electrons. The molecule has 3 rings (SSSR count). The minimum Gasteiger partial charge on any atom is -0.349 e. The van der Waals surface area contributed by atoms with E-state index in [0.717, 1.165) is 5.56 Å². The smallest absolute Gasteiger partial charge is 0.254 e. The summed E-state index contributed by atoms with van der Waals surface area (Å²) in [5, 5.41) is 2.82. The standard InChI is InChI=1S/C16H21N5O2/c1-11-10-17-7-4-12(11)13(22)21-8-5-16(6-9-21)14(23)18-15(19-16)20(2)3/h4,7,10H,5-6,8-9H2,1-3H3,(H,18,19,23). The highest BCUT2D eigenvalue weighted by Crippen LogP contribution is 2.30. The number of nitrogens with zero attached hydrogens (tertiary/aromatic N) is 4. The highest BCUT2D eigenvalue weighted by Gasteiger charge is 2.46. The first-order valence-electron chi connectivity index (χ1n) is 7.71. The summed E-state index contributed by atoms with van der Waals surface area (Å²) in [5.41, 5.74) is 0.817. The Labute approximate surface area is 135 Å². The van der Waals surface area contributed by atoms with E-state index in [-0.39, 0.29) is 11.8 Å². The van der Waals surface area contributed by atoms with Crippen molar-refractivity contribution in [2.24, 2.45) is 4.99 Å². The normalized spacial score (nSPS) is 19.5. The highest BCUT2D eigenvalue weighted by molar-refractivity contribution is 6.07. The van der Waals surface area contributed by atoms with Crippen molar-refractivity contribution in [3.8, 4) is 0 Å². The van der Waals surface area contributed by atoms with E-state index in [2.05, 4.69) is 15.3 Å². The quantitative estimate of drug-likeness (QED) is 0.814. The van der Waals surface area contributed by atoms with Crippen LogP contribution < -0.4 is 5.32 Å². The molecule has 2 aliphatic heterocycles. The van der Waals surface area contributed by atoms with E-state index in [1.165, 1.54) is 0 Å². The van der Waals surface area contributed by atoms with Gasteiger partial charge in [-0.15, -0.1) is 0 Å². The van der Waals surface area contributed by atoms with Crippen molar-refractivity contribution in [3.63, 3.8) is 0 Å². The molecule has 1 spiro atoms. The molecule has 23 heavy (non-hydrogen) atoms. The van der Waals surface area contributed by atoms with Crippen LogP contribution in [0.3, 0.4) is 0 Å². The number of hydrogen-bond acceptors (Lipinski definition) is 5. The van der Waals surface area contributed by atoms with Gasteiger partial charge in [0.1, 0.15) is 5.54 Å². The van der Waals surface area contributed by atoms with Crippen LogP contribution in [-0.4, -0.2) is 65.3 Å². The Hall–Kier alpha value is -2.44. The topological polar surface area (TPSA) is 77.9 Å². The second-order valence-corrected chi connectivity index (χ2v) is 6.30. The van der Waals surface area contributed by atoms with E-state index in [0.29, 0.717) is 37.5 Å². The van der Waals surface area contributed by atoms with Gasteiger partial charge in [0.2, 0.25) is 5.96 Å². The predicted octanol–water partition coefficient (Wildman–Crippen LogP) is 0.412. The van der Waals surface area contributed by atoms with Crippen molar-refractivity contribution in [2.75, 3.05) is 27.2 Å². The Morgan fingerprint density at radius 2 is 2.04 bits per heavy atom. The maximum Gasteiger partial charge on any atom is 0.254 e. The number of rotatable bonds is 1. The number of aromatic nitrogens is 1. The lowest BCUT2D eigenvalue weighted by Gasteiger charge is -2.35. The van der Waals surface area contributed by atoms with Gasteiger partial charge in [-0.1, -0.05) is 0 Å². The largest absolute Gasteiger partial charge is 0.349 e. The molecule has 0 aliphatic carbocycles. The second kappa shape index (κ2) is 5.64. The number of pyridine rings is 1. The summed E-state index contributed by atoms with van der Waals surface area (Å²) in [6.45, 7) is 2.93. The first-order chi connectivity index (χ1) is 10.9. The van der Waals surface area contributed by atoms with Gasteiger partial charge in [0.05, 0.1) is 0 Å². The van der Waals surface area contributed by atoms with E-state index >= 15 is 0 Å². The summed E-state index contributed by atoms with van der Waals surface area (Å²) in [4.78, 5) is 37.1. The van der Waals surface area contributed by atoms with Gasteiger partial charge in [0.25, 0.3) is 11.8 Å². The van der Waals surface area contributed by atoms with Crippen LogP contribution in [0.15, 0.2) is 23.5 Å². The van der Waals surface area contributed by atoms with Crippen LogP contribution in [0, 0.1) is 6.92 Å². The van der Waals surface area contributed by atoms with Crippen LogP contribution >= 0.6 is 0 Å². The lowest BCUT2D eigenvalue weighted by molar-refractivity contribution is -0.125. The maximum atomic E-state index is 12.6. The molecule has 1 aromatic rings.